The van der Waals surface area contributed by atoms with E-state index >= 15 is 0 Å². The van der Waals surface area contributed by atoms with Crippen molar-refractivity contribution in [2.75, 3.05) is 19.8 Å². The monoisotopic (exact) mass is 363 g/mol. The summed E-state index contributed by atoms with van der Waals surface area (Å²) in [5.74, 6) is 0.629. The second-order valence-corrected chi connectivity index (χ2v) is 7.18. The smallest absolute Gasteiger partial charge is 0.172 e. The van der Waals surface area contributed by atoms with Crippen LogP contribution in [0.15, 0.2) is 18.2 Å². The molecule has 0 radical (unpaired) electrons. The summed E-state index contributed by atoms with van der Waals surface area (Å²) < 4.78 is 11.4. The number of aromatic amines is 1. The first-order valence-electron chi connectivity index (χ1n) is 9.59. The molecule has 2 aliphatic rings. The van der Waals surface area contributed by atoms with E-state index in [1.54, 1.807) is 0 Å². The fraction of sp³-hybridized carbons (Fsp3) is 0.364. The Balaban J connectivity index is 1.79. The summed E-state index contributed by atoms with van der Waals surface area (Å²) in [7, 11) is 0. The maximum atomic E-state index is 12.7. The molecule has 2 aliphatic carbocycles. The molecule has 1 heterocycles. The lowest BCUT2D eigenvalue weighted by molar-refractivity contribution is 0.0923. The van der Waals surface area contributed by atoms with E-state index in [0.29, 0.717) is 30.9 Å². The van der Waals surface area contributed by atoms with Gasteiger partial charge in [0.1, 0.15) is 12.4 Å². The normalized spacial score (nSPS) is 15.7. The summed E-state index contributed by atoms with van der Waals surface area (Å²) in [6, 6.07) is 5.86. The lowest BCUT2D eigenvalue weighted by Crippen LogP contribution is -2.06. The molecule has 0 spiro atoms. The van der Waals surface area contributed by atoms with Crippen LogP contribution in [0.5, 0.6) is 5.75 Å². The molecule has 0 fully saturated rings. The summed E-state index contributed by atoms with van der Waals surface area (Å²) in [6.45, 7) is 3.56. The van der Waals surface area contributed by atoms with Gasteiger partial charge in [-0.05, 0) is 49.4 Å². The van der Waals surface area contributed by atoms with Crippen molar-refractivity contribution < 1.29 is 19.1 Å². The number of aromatic nitrogens is 1. The van der Waals surface area contributed by atoms with Gasteiger partial charge in [-0.3, -0.25) is 9.59 Å². The number of fused-ring (bicyclic) bond motifs is 8. The quantitative estimate of drug-likeness (QED) is 0.550. The predicted molar refractivity (Wildman–Crippen MR) is 103 cm³/mol. The van der Waals surface area contributed by atoms with Gasteiger partial charge in [0.15, 0.2) is 11.6 Å². The van der Waals surface area contributed by atoms with E-state index in [9.17, 15) is 9.59 Å². The number of aryl methyl sites for hydroxylation is 1. The molecule has 27 heavy (non-hydrogen) atoms. The molecule has 1 aromatic heterocycles. The molecule has 2 aromatic carbocycles. The summed E-state index contributed by atoms with van der Waals surface area (Å²) in [5.41, 5.74) is 5.49. The average Bonchev–Trinajstić information content (AvgIpc) is 3.34. The van der Waals surface area contributed by atoms with Gasteiger partial charge in [0, 0.05) is 23.1 Å². The SMILES string of the molecule is CCOCCOc1cccc2[nH]c3c4c(c5c(c3c12)C(=O)CC5=O)CCC4. The first-order valence-corrected chi connectivity index (χ1v) is 9.59. The summed E-state index contributed by atoms with van der Waals surface area (Å²) in [6.07, 6.45) is 2.82. The molecule has 0 bridgehead atoms. The zero-order valence-electron chi connectivity index (χ0n) is 15.3. The van der Waals surface area contributed by atoms with Crippen LogP contribution in [-0.4, -0.2) is 36.4 Å². The Hall–Kier alpha value is -2.66. The van der Waals surface area contributed by atoms with Gasteiger partial charge in [0.25, 0.3) is 0 Å². The third kappa shape index (κ3) is 2.34. The number of Topliss-reactive ketones (excluding diaryl/α,β-unsaturated/α-hetero) is 2. The molecule has 3 aromatic rings. The van der Waals surface area contributed by atoms with Crippen LogP contribution in [0.2, 0.25) is 0 Å². The zero-order chi connectivity index (χ0) is 18.5. The van der Waals surface area contributed by atoms with E-state index in [1.165, 1.54) is 5.56 Å². The number of nitrogens with one attached hydrogen (secondary N) is 1. The van der Waals surface area contributed by atoms with Gasteiger partial charge >= 0.3 is 0 Å². The van der Waals surface area contributed by atoms with E-state index in [-0.39, 0.29) is 18.0 Å². The molecule has 5 nitrogen and oxygen atoms in total. The number of rotatable bonds is 5. The van der Waals surface area contributed by atoms with Crippen LogP contribution in [0.1, 0.15) is 51.6 Å². The van der Waals surface area contributed by atoms with Crippen LogP contribution in [-0.2, 0) is 17.6 Å². The molecule has 1 N–H and O–H groups in total. The van der Waals surface area contributed by atoms with Crippen molar-refractivity contribution in [3.63, 3.8) is 0 Å². The Labute approximate surface area is 156 Å². The minimum Gasteiger partial charge on any atom is -0.490 e. The number of ketones is 2. The molecule has 0 saturated heterocycles. The maximum absolute atomic E-state index is 12.7. The lowest BCUT2D eigenvalue weighted by Gasteiger charge is -2.11. The molecular formula is C22H21NO4. The van der Waals surface area contributed by atoms with Crippen molar-refractivity contribution in [1.82, 2.24) is 4.98 Å². The van der Waals surface area contributed by atoms with E-state index < -0.39 is 0 Å². The largest absolute Gasteiger partial charge is 0.490 e. The Bertz CT molecular complexity index is 1110. The van der Waals surface area contributed by atoms with E-state index in [1.807, 2.05) is 25.1 Å². The molecule has 0 atom stereocenters. The number of carbonyl (C=O) groups is 2. The number of H-pyrrole nitrogens is 1. The van der Waals surface area contributed by atoms with E-state index in [0.717, 1.165) is 52.4 Å². The highest BCUT2D eigenvalue weighted by atomic mass is 16.5. The van der Waals surface area contributed by atoms with Crippen LogP contribution >= 0.6 is 0 Å². The Morgan fingerprint density at radius 3 is 2.67 bits per heavy atom. The van der Waals surface area contributed by atoms with Crippen molar-refractivity contribution in [2.45, 2.75) is 32.6 Å². The number of hydrogen-bond donors (Lipinski definition) is 1. The third-order valence-corrected chi connectivity index (χ3v) is 5.68. The fourth-order valence-electron chi connectivity index (χ4n) is 4.65. The Morgan fingerprint density at radius 2 is 1.81 bits per heavy atom. The van der Waals surface area contributed by atoms with Crippen LogP contribution in [0.4, 0.5) is 0 Å². The van der Waals surface area contributed by atoms with Gasteiger partial charge in [-0.2, -0.15) is 0 Å². The molecule has 138 valence electrons. The molecule has 0 unspecified atom stereocenters. The molecular weight excluding hydrogens is 342 g/mol. The second-order valence-electron chi connectivity index (χ2n) is 7.18. The molecule has 5 heteroatoms. The van der Waals surface area contributed by atoms with Crippen LogP contribution in [0, 0.1) is 0 Å². The Kier molecular flexibility index (Phi) is 3.79. The van der Waals surface area contributed by atoms with E-state index in [4.69, 9.17) is 9.47 Å². The minimum atomic E-state index is -0.0697. The molecule has 0 saturated carbocycles. The maximum Gasteiger partial charge on any atom is 0.172 e. The van der Waals surface area contributed by atoms with Gasteiger partial charge in [-0.25, -0.2) is 0 Å². The summed E-state index contributed by atoms with van der Waals surface area (Å²) in [4.78, 5) is 28.8. The van der Waals surface area contributed by atoms with Crippen molar-refractivity contribution in [3.05, 3.63) is 40.5 Å². The number of carbonyl (C=O) groups excluding carboxylic acids is 2. The van der Waals surface area contributed by atoms with Gasteiger partial charge in [-0.15, -0.1) is 0 Å². The predicted octanol–water partition coefficient (Wildman–Crippen LogP) is 3.99. The highest BCUT2D eigenvalue weighted by molar-refractivity contribution is 6.33. The first-order chi connectivity index (χ1) is 13.2. The number of ether oxygens (including phenoxy) is 2. The number of benzene rings is 2. The van der Waals surface area contributed by atoms with Gasteiger partial charge < -0.3 is 14.5 Å². The standard InChI is InChI=1S/C22H21NO4/c1-2-26-9-10-27-17-8-4-7-14-19(17)21-20-16(25)11-15(24)18(20)12-5-3-6-13(12)22(21)23-14/h4,7-8,23H,2-3,5-6,9-11H2,1H3. The van der Waals surface area contributed by atoms with Crippen LogP contribution in [0.25, 0.3) is 21.8 Å². The summed E-state index contributed by atoms with van der Waals surface area (Å²) >= 11 is 0. The topological polar surface area (TPSA) is 68.4 Å². The average molecular weight is 363 g/mol. The lowest BCUT2D eigenvalue weighted by atomic mass is 9.93. The van der Waals surface area contributed by atoms with Gasteiger partial charge in [0.05, 0.1) is 29.4 Å². The highest BCUT2D eigenvalue weighted by Gasteiger charge is 2.37. The van der Waals surface area contributed by atoms with Gasteiger partial charge in [0.2, 0.25) is 0 Å². The fourth-order valence-corrected chi connectivity index (χ4v) is 4.65. The van der Waals surface area contributed by atoms with Crippen molar-refractivity contribution in [1.29, 1.82) is 0 Å². The van der Waals surface area contributed by atoms with Gasteiger partial charge in [-0.1, -0.05) is 6.07 Å². The van der Waals surface area contributed by atoms with Crippen molar-refractivity contribution >= 4 is 33.4 Å². The molecule has 5 rings (SSSR count). The number of hydrogen-bond acceptors (Lipinski definition) is 4. The highest BCUT2D eigenvalue weighted by Crippen LogP contribution is 2.45. The zero-order valence-corrected chi connectivity index (χ0v) is 15.3. The van der Waals surface area contributed by atoms with E-state index in [2.05, 4.69) is 4.98 Å². The molecule has 0 aliphatic heterocycles. The second kappa shape index (κ2) is 6.20. The van der Waals surface area contributed by atoms with Crippen LogP contribution < -0.4 is 4.74 Å². The summed E-state index contributed by atoms with van der Waals surface area (Å²) in [5, 5.41) is 1.77. The van der Waals surface area contributed by atoms with Crippen molar-refractivity contribution in [3.8, 4) is 5.75 Å². The molecule has 0 amide bonds. The van der Waals surface area contributed by atoms with Crippen molar-refractivity contribution in [2.24, 2.45) is 0 Å². The van der Waals surface area contributed by atoms with Crippen LogP contribution in [0.3, 0.4) is 0 Å². The minimum absolute atomic E-state index is 0.0130. The first kappa shape index (κ1) is 16.5. The Morgan fingerprint density at radius 1 is 1.00 bits per heavy atom. The third-order valence-electron chi connectivity index (χ3n) is 5.68.